The minimum Gasteiger partial charge on any atom is -0.394 e. The average molecular weight is 310 g/mol. The summed E-state index contributed by atoms with van der Waals surface area (Å²) in [5, 5.41) is 19.7. The zero-order valence-corrected chi connectivity index (χ0v) is 12.5. The summed E-state index contributed by atoms with van der Waals surface area (Å²) in [5.41, 5.74) is 1.23. The Bertz CT molecular complexity index is 697. The highest BCUT2D eigenvalue weighted by Gasteiger charge is 2.15. The van der Waals surface area contributed by atoms with Crippen LogP contribution in [-0.4, -0.2) is 40.9 Å². The van der Waals surface area contributed by atoms with Gasteiger partial charge in [-0.3, -0.25) is 0 Å². The van der Waals surface area contributed by atoms with Gasteiger partial charge in [-0.2, -0.15) is 0 Å². The Morgan fingerprint density at radius 1 is 1.33 bits per heavy atom. The molecular weight excluding hydrogens is 292 g/mol. The molecule has 0 unspecified atom stereocenters. The first-order valence-electron chi connectivity index (χ1n) is 6.62. The van der Waals surface area contributed by atoms with Crippen molar-refractivity contribution in [2.24, 2.45) is 0 Å². The molecule has 0 saturated carbocycles. The zero-order valence-electron chi connectivity index (χ0n) is 11.7. The molecule has 0 fully saturated rings. The number of hydrogen-bond acceptors (Lipinski definition) is 6. The number of nitrogens with one attached hydrogen (secondary N) is 1. The summed E-state index contributed by atoms with van der Waals surface area (Å²) in [4.78, 5) is 0.287. The van der Waals surface area contributed by atoms with Gasteiger partial charge < -0.3 is 10.4 Å². The van der Waals surface area contributed by atoms with Crippen LogP contribution >= 0.6 is 0 Å². The Hall–Kier alpha value is -1.93. The Kier molecular flexibility index (Phi) is 4.92. The fourth-order valence-corrected chi connectivity index (χ4v) is 2.93. The van der Waals surface area contributed by atoms with Crippen LogP contribution in [0.4, 0.5) is 5.69 Å². The third-order valence-corrected chi connectivity index (χ3v) is 4.76. The van der Waals surface area contributed by atoms with Crippen LogP contribution < -0.4 is 5.32 Å². The van der Waals surface area contributed by atoms with Crippen molar-refractivity contribution in [1.29, 1.82) is 0 Å². The molecule has 0 spiro atoms. The summed E-state index contributed by atoms with van der Waals surface area (Å²) in [6.07, 6.45) is 1.71. The molecule has 1 aromatic heterocycles. The molecule has 0 saturated heterocycles. The molecule has 2 rings (SSSR count). The van der Waals surface area contributed by atoms with Crippen LogP contribution in [0, 0.1) is 0 Å². The minimum atomic E-state index is -3.27. The molecule has 0 bridgehead atoms. The second-order valence-electron chi connectivity index (χ2n) is 4.45. The lowest BCUT2D eigenvalue weighted by Gasteiger charge is -2.10. The number of para-hydroxylation sites is 1. The van der Waals surface area contributed by atoms with Crippen LogP contribution in [0.1, 0.15) is 12.6 Å². The predicted molar refractivity (Wildman–Crippen MR) is 78.6 cm³/mol. The molecule has 2 aromatic rings. The van der Waals surface area contributed by atoms with Gasteiger partial charge >= 0.3 is 0 Å². The number of benzene rings is 1. The predicted octanol–water partition coefficient (Wildman–Crippen LogP) is 0.676. The summed E-state index contributed by atoms with van der Waals surface area (Å²) in [6.45, 7) is 2.36. The van der Waals surface area contributed by atoms with E-state index in [4.69, 9.17) is 5.11 Å². The average Bonchev–Trinajstić information content (AvgIpc) is 2.93. The molecule has 2 N–H and O–H groups in total. The van der Waals surface area contributed by atoms with E-state index in [2.05, 4.69) is 15.6 Å². The molecule has 0 amide bonds. The molecule has 7 nitrogen and oxygen atoms in total. The molecule has 114 valence electrons. The molecule has 1 heterocycles. The van der Waals surface area contributed by atoms with E-state index in [1.54, 1.807) is 37.4 Å². The third-order valence-electron chi connectivity index (χ3n) is 2.98. The number of nitrogens with zero attached hydrogens (tertiary/aromatic N) is 3. The van der Waals surface area contributed by atoms with Crippen molar-refractivity contribution in [3.8, 4) is 0 Å². The maximum Gasteiger partial charge on any atom is 0.180 e. The van der Waals surface area contributed by atoms with Crippen molar-refractivity contribution in [3.63, 3.8) is 0 Å². The van der Waals surface area contributed by atoms with E-state index in [1.165, 1.54) is 4.68 Å². The number of rotatable bonds is 7. The summed E-state index contributed by atoms with van der Waals surface area (Å²) < 4.78 is 25.6. The fourth-order valence-electron chi connectivity index (χ4n) is 1.86. The van der Waals surface area contributed by atoms with E-state index in [0.717, 1.165) is 0 Å². The molecule has 8 heteroatoms. The fraction of sp³-hybridized carbons (Fsp3) is 0.385. The summed E-state index contributed by atoms with van der Waals surface area (Å²) in [7, 11) is -3.27. The molecule has 0 radical (unpaired) electrons. The lowest BCUT2D eigenvalue weighted by atomic mass is 10.3. The van der Waals surface area contributed by atoms with Crippen molar-refractivity contribution in [2.75, 3.05) is 17.7 Å². The summed E-state index contributed by atoms with van der Waals surface area (Å²) in [6, 6.07) is 6.79. The number of aliphatic hydroxyl groups excluding tert-OH is 1. The van der Waals surface area contributed by atoms with Crippen LogP contribution in [-0.2, 0) is 22.9 Å². The topological polar surface area (TPSA) is 97.1 Å². The number of sulfone groups is 1. The Labute approximate surface area is 123 Å². The Morgan fingerprint density at radius 2 is 2.10 bits per heavy atom. The number of aliphatic hydroxyl groups is 1. The number of aromatic nitrogens is 3. The minimum absolute atomic E-state index is 0.00615. The maximum absolute atomic E-state index is 12.0. The Morgan fingerprint density at radius 3 is 2.81 bits per heavy atom. The van der Waals surface area contributed by atoms with Gasteiger partial charge in [0.1, 0.15) is 5.69 Å². The van der Waals surface area contributed by atoms with Crippen LogP contribution in [0.5, 0.6) is 0 Å². The molecule has 0 aliphatic carbocycles. The molecule has 1 aromatic carbocycles. The first kappa shape index (κ1) is 15.5. The van der Waals surface area contributed by atoms with Gasteiger partial charge in [0.2, 0.25) is 0 Å². The van der Waals surface area contributed by atoms with Crippen molar-refractivity contribution in [3.05, 3.63) is 36.2 Å². The summed E-state index contributed by atoms with van der Waals surface area (Å²) >= 11 is 0. The normalized spacial score (nSPS) is 11.5. The second-order valence-corrected chi connectivity index (χ2v) is 6.70. The van der Waals surface area contributed by atoms with Crippen LogP contribution in [0.15, 0.2) is 35.4 Å². The lowest BCUT2D eigenvalue weighted by Crippen LogP contribution is -2.09. The highest BCUT2D eigenvalue weighted by atomic mass is 32.2. The van der Waals surface area contributed by atoms with Gasteiger partial charge in [0.05, 0.1) is 42.2 Å². The van der Waals surface area contributed by atoms with Gasteiger partial charge in [0.15, 0.2) is 9.84 Å². The van der Waals surface area contributed by atoms with Crippen LogP contribution in [0.2, 0.25) is 0 Å². The zero-order chi connectivity index (χ0) is 15.3. The maximum atomic E-state index is 12.0. The smallest absolute Gasteiger partial charge is 0.180 e. The van der Waals surface area contributed by atoms with Crippen molar-refractivity contribution in [2.45, 2.75) is 24.9 Å². The van der Waals surface area contributed by atoms with Gasteiger partial charge in [-0.1, -0.05) is 24.3 Å². The SMILES string of the molecule is CCS(=O)(=O)c1ccccc1NCc1cn(CCO)nn1. The molecule has 0 atom stereocenters. The first-order chi connectivity index (χ1) is 10.1. The van der Waals surface area contributed by atoms with Crippen molar-refractivity contribution >= 4 is 15.5 Å². The van der Waals surface area contributed by atoms with E-state index in [0.29, 0.717) is 24.5 Å². The monoisotopic (exact) mass is 310 g/mol. The van der Waals surface area contributed by atoms with Gasteiger partial charge in [-0.15, -0.1) is 5.10 Å². The van der Waals surface area contributed by atoms with Gasteiger partial charge in [-0.25, -0.2) is 13.1 Å². The van der Waals surface area contributed by atoms with Gasteiger partial charge in [-0.05, 0) is 12.1 Å². The molecule has 21 heavy (non-hydrogen) atoms. The number of hydrogen-bond donors (Lipinski definition) is 2. The molecule has 0 aliphatic heterocycles. The van der Waals surface area contributed by atoms with E-state index in [1.807, 2.05) is 0 Å². The first-order valence-corrected chi connectivity index (χ1v) is 8.27. The van der Waals surface area contributed by atoms with Gasteiger partial charge in [0.25, 0.3) is 0 Å². The highest BCUT2D eigenvalue weighted by molar-refractivity contribution is 7.91. The summed E-state index contributed by atoms with van der Waals surface area (Å²) in [5.74, 6) is 0.0539. The lowest BCUT2D eigenvalue weighted by molar-refractivity contribution is 0.268. The van der Waals surface area contributed by atoms with E-state index < -0.39 is 9.84 Å². The van der Waals surface area contributed by atoms with Crippen molar-refractivity contribution < 1.29 is 13.5 Å². The standard InChI is InChI=1S/C13H18N4O3S/c1-2-21(19,20)13-6-4-3-5-12(13)14-9-11-10-17(7-8-18)16-15-11/h3-6,10,14,18H,2,7-9H2,1H3. The van der Waals surface area contributed by atoms with Gasteiger partial charge in [0, 0.05) is 0 Å². The molecular formula is C13H18N4O3S. The van der Waals surface area contributed by atoms with Crippen LogP contribution in [0.25, 0.3) is 0 Å². The van der Waals surface area contributed by atoms with Crippen molar-refractivity contribution in [1.82, 2.24) is 15.0 Å². The largest absolute Gasteiger partial charge is 0.394 e. The van der Waals surface area contributed by atoms with E-state index in [9.17, 15) is 8.42 Å². The Balaban J connectivity index is 2.13. The van der Waals surface area contributed by atoms with E-state index in [-0.39, 0.29) is 17.3 Å². The van der Waals surface area contributed by atoms with E-state index >= 15 is 0 Å². The third kappa shape index (κ3) is 3.79. The highest BCUT2D eigenvalue weighted by Crippen LogP contribution is 2.22. The number of anilines is 1. The van der Waals surface area contributed by atoms with Crippen LogP contribution in [0.3, 0.4) is 0 Å². The second kappa shape index (κ2) is 6.68. The quantitative estimate of drug-likeness (QED) is 0.780. The molecule has 0 aliphatic rings.